The number of rotatable bonds is 7. The third-order valence-electron chi connectivity index (χ3n) is 6.20. The van der Waals surface area contributed by atoms with Gasteiger partial charge in [0.2, 0.25) is 0 Å². The van der Waals surface area contributed by atoms with E-state index < -0.39 is 12.0 Å². The van der Waals surface area contributed by atoms with Crippen molar-refractivity contribution in [2.45, 2.75) is 44.6 Å². The molecule has 1 amide bonds. The second kappa shape index (κ2) is 9.30. The fourth-order valence-electron chi connectivity index (χ4n) is 4.55. The maximum absolute atomic E-state index is 13.2. The van der Waals surface area contributed by atoms with Crippen molar-refractivity contribution >= 4 is 23.3 Å². The first-order valence-electron chi connectivity index (χ1n) is 10.9. The minimum Gasteiger partial charge on any atom is -0.497 e. The highest BCUT2D eigenvalue weighted by molar-refractivity contribution is 6.01. The van der Waals surface area contributed by atoms with Crippen LogP contribution in [0.1, 0.15) is 48.9 Å². The number of carbonyl (C=O) groups is 2. The molecule has 8 nitrogen and oxygen atoms in total. The molecule has 0 bridgehead atoms. The van der Waals surface area contributed by atoms with Crippen molar-refractivity contribution < 1.29 is 19.4 Å². The van der Waals surface area contributed by atoms with Crippen molar-refractivity contribution in [1.29, 1.82) is 0 Å². The van der Waals surface area contributed by atoms with Crippen LogP contribution in [0.2, 0.25) is 0 Å². The summed E-state index contributed by atoms with van der Waals surface area (Å²) >= 11 is 0. The number of fused-ring (bicyclic) bond motifs is 1. The molecule has 1 aliphatic carbocycles. The van der Waals surface area contributed by atoms with Crippen LogP contribution in [0.25, 0.3) is 16.9 Å². The van der Waals surface area contributed by atoms with Crippen LogP contribution >= 0.6 is 0 Å². The van der Waals surface area contributed by atoms with Crippen molar-refractivity contribution in [2.75, 3.05) is 12.8 Å². The van der Waals surface area contributed by atoms with Crippen LogP contribution in [0.4, 0.5) is 5.82 Å². The number of nitrogens with two attached hydrogens (primary N) is 1. The molecule has 1 atom stereocenters. The highest BCUT2D eigenvalue weighted by Gasteiger charge is 2.28. The molecule has 0 radical (unpaired) electrons. The summed E-state index contributed by atoms with van der Waals surface area (Å²) in [5.74, 6) is 0.0120. The first-order valence-corrected chi connectivity index (χ1v) is 10.9. The van der Waals surface area contributed by atoms with Gasteiger partial charge < -0.3 is 20.9 Å². The van der Waals surface area contributed by atoms with E-state index in [4.69, 9.17) is 10.5 Å². The molecule has 32 heavy (non-hydrogen) atoms. The predicted octanol–water partition coefficient (Wildman–Crippen LogP) is 3.75. The summed E-state index contributed by atoms with van der Waals surface area (Å²) in [6.07, 6.45) is 6.81. The smallest absolute Gasteiger partial charge is 0.305 e. The standard InChI is InChI=1S/C24H28N4O4/c1-32-17-10-5-9-16(13-17)21-22(25)28-12-6-11-18(23(28)27-21)24(31)26-19(14-20(29)30)15-7-3-2-4-8-15/h5-6,9-13,15,19H,2-4,7-8,14,25H2,1H3,(H,26,31)(H,29,30). The highest BCUT2D eigenvalue weighted by Crippen LogP contribution is 2.31. The molecule has 1 saturated carbocycles. The van der Waals surface area contributed by atoms with Gasteiger partial charge in [-0.1, -0.05) is 31.4 Å². The minimum absolute atomic E-state index is 0.0921. The Labute approximate surface area is 186 Å². The van der Waals surface area contributed by atoms with E-state index in [1.807, 2.05) is 24.3 Å². The number of benzene rings is 1. The lowest BCUT2D eigenvalue weighted by Gasteiger charge is -2.30. The molecular weight excluding hydrogens is 408 g/mol. The fraction of sp³-hybridized carbons (Fsp3) is 0.375. The molecule has 1 aromatic carbocycles. The van der Waals surface area contributed by atoms with Gasteiger partial charge in [-0.05, 0) is 43.0 Å². The van der Waals surface area contributed by atoms with E-state index in [1.54, 1.807) is 29.8 Å². The minimum atomic E-state index is -0.913. The molecule has 2 aromatic heterocycles. The summed E-state index contributed by atoms with van der Waals surface area (Å²) in [5.41, 5.74) is 8.49. The largest absolute Gasteiger partial charge is 0.497 e. The maximum Gasteiger partial charge on any atom is 0.305 e. The number of aliphatic carboxylic acids is 1. The van der Waals surface area contributed by atoms with Crippen LogP contribution < -0.4 is 15.8 Å². The third kappa shape index (κ3) is 4.39. The molecule has 1 aliphatic rings. The van der Waals surface area contributed by atoms with Gasteiger partial charge in [0.05, 0.1) is 19.1 Å². The molecule has 0 aliphatic heterocycles. The van der Waals surface area contributed by atoms with Crippen LogP contribution in [0.5, 0.6) is 5.75 Å². The van der Waals surface area contributed by atoms with Crippen LogP contribution in [0.15, 0.2) is 42.6 Å². The van der Waals surface area contributed by atoms with Gasteiger partial charge >= 0.3 is 5.97 Å². The lowest BCUT2D eigenvalue weighted by Crippen LogP contribution is -2.42. The molecule has 0 spiro atoms. The number of hydrogen-bond acceptors (Lipinski definition) is 5. The van der Waals surface area contributed by atoms with Gasteiger partial charge in [-0.2, -0.15) is 0 Å². The van der Waals surface area contributed by atoms with Crippen molar-refractivity contribution in [1.82, 2.24) is 14.7 Å². The summed E-state index contributed by atoms with van der Waals surface area (Å²) in [6, 6.07) is 10.4. The first kappa shape index (κ1) is 21.7. The Bertz CT molecular complexity index is 1130. The molecular formula is C24H28N4O4. The Morgan fingerprint density at radius 3 is 2.75 bits per heavy atom. The molecule has 4 rings (SSSR count). The average molecular weight is 437 g/mol. The number of nitrogens with one attached hydrogen (secondary N) is 1. The van der Waals surface area contributed by atoms with Crippen LogP contribution in [0.3, 0.4) is 0 Å². The van der Waals surface area contributed by atoms with Gasteiger partial charge in [0.1, 0.15) is 17.3 Å². The summed E-state index contributed by atoms with van der Waals surface area (Å²) < 4.78 is 6.97. The Kier molecular flexibility index (Phi) is 6.30. The molecule has 8 heteroatoms. The number of pyridine rings is 1. The van der Waals surface area contributed by atoms with Crippen molar-refractivity contribution in [3.8, 4) is 17.0 Å². The van der Waals surface area contributed by atoms with Gasteiger partial charge in [-0.3, -0.25) is 14.0 Å². The predicted molar refractivity (Wildman–Crippen MR) is 122 cm³/mol. The number of anilines is 1. The lowest BCUT2D eigenvalue weighted by molar-refractivity contribution is -0.137. The second-order valence-electron chi connectivity index (χ2n) is 8.27. The molecule has 1 unspecified atom stereocenters. The number of carboxylic acid groups (broad SMARTS) is 1. The number of amides is 1. The molecule has 0 saturated heterocycles. The number of imidazole rings is 1. The summed E-state index contributed by atoms with van der Waals surface area (Å²) in [7, 11) is 1.59. The van der Waals surface area contributed by atoms with E-state index in [-0.39, 0.29) is 18.2 Å². The molecule has 2 heterocycles. The van der Waals surface area contributed by atoms with Gasteiger partial charge in [0.15, 0.2) is 5.65 Å². The zero-order chi connectivity index (χ0) is 22.7. The van der Waals surface area contributed by atoms with Crippen LogP contribution in [0, 0.1) is 5.92 Å². The summed E-state index contributed by atoms with van der Waals surface area (Å²) in [5, 5.41) is 12.4. The normalized spacial score (nSPS) is 15.4. The fourth-order valence-corrected chi connectivity index (χ4v) is 4.55. The second-order valence-corrected chi connectivity index (χ2v) is 8.27. The van der Waals surface area contributed by atoms with E-state index in [0.29, 0.717) is 28.5 Å². The number of methoxy groups -OCH3 is 1. The van der Waals surface area contributed by atoms with Crippen molar-refractivity contribution in [3.05, 3.63) is 48.2 Å². The number of carbonyl (C=O) groups excluding carboxylic acids is 1. The molecule has 1 fully saturated rings. The molecule has 4 N–H and O–H groups in total. The summed E-state index contributed by atoms with van der Waals surface area (Å²) in [6.45, 7) is 0. The van der Waals surface area contributed by atoms with Crippen LogP contribution in [-0.4, -0.2) is 39.5 Å². The first-order chi connectivity index (χ1) is 15.5. The number of ether oxygens (including phenoxy) is 1. The Morgan fingerprint density at radius 2 is 2.03 bits per heavy atom. The zero-order valence-electron chi connectivity index (χ0n) is 18.1. The third-order valence-corrected chi connectivity index (χ3v) is 6.20. The van der Waals surface area contributed by atoms with E-state index in [9.17, 15) is 14.7 Å². The monoisotopic (exact) mass is 436 g/mol. The van der Waals surface area contributed by atoms with Crippen LogP contribution in [-0.2, 0) is 4.79 Å². The zero-order valence-corrected chi connectivity index (χ0v) is 18.1. The highest BCUT2D eigenvalue weighted by atomic mass is 16.5. The lowest BCUT2D eigenvalue weighted by atomic mass is 9.82. The molecule has 3 aromatic rings. The Hall–Kier alpha value is -3.55. The Balaban J connectivity index is 1.67. The number of aromatic nitrogens is 2. The summed E-state index contributed by atoms with van der Waals surface area (Å²) in [4.78, 5) is 29.3. The van der Waals surface area contributed by atoms with Gasteiger partial charge in [-0.25, -0.2) is 4.98 Å². The maximum atomic E-state index is 13.2. The van der Waals surface area contributed by atoms with E-state index in [0.717, 1.165) is 37.7 Å². The Morgan fingerprint density at radius 1 is 1.25 bits per heavy atom. The average Bonchev–Trinajstić information content (AvgIpc) is 3.15. The number of carboxylic acids is 1. The van der Waals surface area contributed by atoms with E-state index in [2.05, 4.69) is 10.3 Å². The SMILES string of the molecule is COc1cccc(-c2nc3c(C(=O)NC(CC(=O)O)C4CCCCC4)cccn3c2N)c1. The van der Waals surface area contributed by atoms with Crippen molar-refractivity contribution in [2.24, 2.45) is 5.92 Å². The van der Waals surface area contributed by atoms with E-state index in [1.165, 1.54) is 0 Å². The van der Waals surface area contributed by atoms with E-state index >= 15 is 0 Å². The van der Waals surface area contributed by atoms with Gasteiger partial charge in [0, 0.05) is 17.8 Å². The molecule has 168 valence electrons. The number of hydrogen-bond donors (Lipinski definition) is 3. The van der Waals surface area contributed by atoms with Gasteiger partial charge in [0.25, 0.3) is 5.91 Å². The topological polar surface area (TPSA) is 119 Å². The number of nitrogen functional groups attached to an aromatic ring is 1. The quantitative estimate of drug-likeness (QED) is 0.519. The number of nitrogens with zero attached hydrogens (tertiary/aromatic N) is 2. The van der Waals surface area contributed by atoms with Gasteiger partial charge in [-0.15, -0.1) is 0 Å². The van der Waals surface area contributed by atoms with Crippen molar-refractivity contribution in [3.63, 3.8) is 0 Å².